The molecule has 1 aromatic rings. The van der Waals surface area contributed by atoms with Crippen molar-refractivity contribution in [3.05, 3.63) is 35.9 Å². The predicted molar refractivity (Wildman–Crippen MR) is 87.9 cm³/mol. The van der Waals surface area contributed by atoms with Gasteiger partial charge in [-0.3, -0.25) is 4.79 Å². The maximum Gasteiger partial charge on any atom is 0.410 e. The molecule has 0 aromatic heterocycles. The molecule has 0 radical (unpaired) electrons. The van der Waals surface area contributed by atoms with Gasteiger partial charge in [0.15, 0.2) is 0 Å². The Bertz CT molecular complexity index is 628. The fourth-order valence-corrected chi connectivity index (χ4v) is 3.75. The molecule has 2 heterocycles. The molecular weight excluding hydrogens is 326 g/mol. The van der Waals surface area contributed by atoms with Crippen molar-refractivity contribution in [1.29, 1.82) is 0 Å². The predicted octanol–water partition coefficient (Wildman–Crippen LogP) is 1.64. The van der Waals surface area contributed by atoms with Crippen LogP contribution in [0.5, 0.6) is 0 Å². The lowest BCUT2D eigenvalue weighted by Crippen LogP contribution is -2.57. The molecule has 1 atom stereocenters. The minimum Gasteiger partial charge on any atom is -0.481 e. The second-order valence-corrected chi connectivity index (χ2v) is 6.74. The van der Waals surface area contributed by atoms with Crippen LogP contribution in [-0.4, -0.2) is 59.1 Å². The summed E-state index contributed by atoms with van der Waals surface area (Å²) < 4.78 is 10.6. The zero-order chi connectivity index (χ0) is 17.9. The summed E-state index contributed by atoms with van der Waals surface area (Å²) in [5.74, 6) is -1.03. The van der Waals surface area contributed by atoms with Gasteiger partial charge in [0.2, 0.25) is 0 Å². The fraction of sp³-hybridized carbons (Fsp3) is 0.556. The van der Waals surface area contributed by atoms with E-state index in [1.165, 1.54) is 4.90 Å². The Morgan fingerprint density at radius 1 is 1.16 bits per heavy atom. The van der Waals surface area contributed by atoms with Crippen LogP contribution >= 0.6 is 0 Å². The number of aliphatic hydroxyl groups is 1. The summed E-state index contributed by atoms with van der Waals surface area (Å²) in [6.07, 6.45) is 0.171. The number of carbonyl (C=O) groups excluding carboxylic acids is 1. The van der Waals surface area contributed by atoms with Crippen LogP contribution in [0.2, 0.25) is 0 Å². The number of β-amino-alcohol motifs (C(OH)–C–C–N with tert-alkyl or cyclic N) is 1. The van der Waals surface area contributed by atoms with Crippen LogP contribution in [-0.2, 0) is 20.9 Å². The van der Waals surface area contributed by atoms with Crippen LogP contribution in [0.3, 0.4) is 0 Å². The molecule has 136 valence electrons. The van der Waals surface area contributed by atoms with E-state index in [1.54, 1.807) is 0 Å². The molecule has 0 saturated carbocycles. The number of benzene rings is 1. The van der Waals surface area contributed by atoms with Crippen LogP contribution in [0.15, 0.2) is 30.3 Å². The largest absolute Gasteiger partial charge is 0.481 e. The molecular formula is C18H23NO6. The lowest BCUT2D eigenvalue weighted by atomic mass is 9.66. The number of rotatable bonds is 4. The fourth-order valence-electron chi connectivity index (χ4n) is 3.75. The van der Waals surface area contributed by atoms with E-state index in [0.29, 0.717) is 13.2 Å². The molecule has 2 saturated heterocycles. The number of hydrogen-bond donors (Lipinski definition) is 2. The van der Waals surface area contributed by atoms with Crippen molar-refractivity contribution in [2.24, 2.45) is 5.41 Å². The average Bonchev–Trinajstić information content (AvgIpc) is 3.05. The Morgan fingerprint density at radius 2 is 1.84 bits per heavy atom. The maximum absolute atomic E-state index is 12.3. The van der Waals surface area contributed by atoms with Crippen molar-refractivity contribution in [3.8, 4) is 0 Å². The van der Waals surface area contributed by atoms with Gasteiger partial charge in [0.25, 0.3) is 0 Å². The molecule has 2 fully saturated rings. The first-order valence-electron chi connectivity index (χ1n) is 8.46. The second-order valence-electron chi connectivity index (χ2n) is 6.74. The van der Waals surface area contributed by atoms with E-state index in [2.05, 4.69) is 0 Å². The van der Waals surface area contributed by atoms with E-state index in [9.17, 15) is 19.8 Å². The van der Waals surface area contributed by atoms with Crippen LogP contribution in [0.1, 0.15) is 24.8 Å². The van der Waals surface area contributed by atoms with Crippen LogP contribution in [0, 0.1) is 5.41 Å². The van der Waals surface area contributed by atoms with Gasteiger partial charge in [-0.15, -0.1) is 0 Å². The molecule has 2 N–H and O–H groups in total. The van der Waals surface area contributed by atoms with Gasteiger partial charge in [0, 0.05) is 19.8 Å². The van der Waals surface area contributed by atoms with Crippen LogP contribution in [0.4, 0.5) is 4.79 Å². The standard InChI is InChI=1S/C18H23NO6/c20-15(21)17(7-10-24-11-8-17)18(23)6-9-19(13-18)16(22)25-12-14-4-2-1-3-5-14/h1-5,23H,6-13H2,(H,20,21). The number of carbonyl (C=O) groups is 2. The number of carboxylic acids is 1. The summed E-state index contributed by atoms with van der Waals surface area (Å²) in [5, 5.41) is 20.8. The first-order valence-corrected chi connectivity index (χ1v) is 8.46. The van der Waals surface area contributed by atoms with Gasteiger partial charge in [-0.1, -0.05) is 30.3 Å². The van der Waals surface area contributed by atoms with Crippen LogP contribution < -0.4 is 0 Å². The molecule has 0 spiro atoms. The van der Waals surface area contributed by atoms with E-state index in [0.717, 1.165) is 5.56 Å². The third kappa shape index (κ3) is 3.34. The number of carboxylic acid groups (broad SMARTS) is 1. The molecule has 0 bridgehead atoms. The topological polar surface area (TPSA) is 96.3 Å². The smallest absolute Gasteiger partial charge is 0.410 e. The maximum atomic E-state index is 12.3. The summed E-state index contributed by atoms with van der Waals surface area (Å²) in [6, 6.07) is 9.31. The quantitative estimate of drug-likeness (QED) is 0.858. The van der Waals surface area contributed by atoms with Gasteiger partial charge in [0.05, 0.1) is 6.54 Å². The van der Waals surface area contributed by atoms with E-state index >= 15 is 0 Å². The zero-order valence-corrected chi connectivity index (χ0v) is 14.0. The number of nitrogens with zero attached hydrogens (tertiary/aromatic N) is 1. The van der Waals surface area contributed by atoms with Gasteiger partial charge in [-0.2, -0.15) is 0 Å². The van der Waals surface area contributed by atoms with Crippen molar-refractivity contribution in [2.75, 3.05) is 26.3 Å². The molecule has 1 amide bonds. The van der Waals surface area contributed by atoms with Crippen LogP contribution in [0.25, 0.3) is 0 Å². The number of likely N-dealkylation sites (tertiary alicyclic amines) is 1. The third-order valence-corrected chi connectivity index (χ3v) is 5.36. The van der Waals surface area contributed by atoms with E-state index in [-0.39, 0.29) is 39.0 Å². The van der Waals surface area contributed by atoms with Gasteiger partial charge in [-0.05, 0) is 24.8 Å². The SMILES string of the molecule is O=C(OCc1ccccc1)N1CCC(O)(C2(C(=O)O)CCOCC2)C1. The van der Waals surface area contributed by atoms with E-state index < -0.39 is 23.1 Å². The Hall–Kier alpha value is -2.12. The Balaban J connectivity index is 1.65. The van der Waals surface area contributed by atoms with Gasteiger partial charge in [0.1, 0.15) is 17.6 Å². The summed E-state index contributed by atoms with van der Waals surface area (Å²) in [6.45, 7) is 0.986. The summed E-state index contributed by atoms with van der Waals surface area (Å²) in [7, 11) is 0. The number of ether oxygens (including phenoxy) is 2. The second kappa shape index (κ2) is 7.01. The average molecular weight is 349 g/mol. The van der Waals surface area contributed by atoms with E-state index in [4.69, 9.17) is 9.47 Å². The molecule has 1 unspecified atom stereocenters. The van der Waals surface area contributed by atoms with Gasteiger partial charge in [-0.25, -0.2) is 4.79 Å². The molecule has 7 nitrogen and oxygen atoms in total. The molecule has 25 heavy (non-hydrogen) atoms. The van der Waals surface area contributed by atoms with Crippen molar-refractivity contribution < 1.29 is 29.3 Å². The number of amides is 1. The lowest BCUT2D eigenvalue weighted by Gasteiger charge is -2.44. The highest BCUT2D eigenvalue weighted by atomic mass is 16.6. The van der Waals surface area contributed by atoms with Gasteiger partial charge < -0.3 is 24.6 Å². The first-order chi connectivity index (χ1) is 12.0. The monoisotopic (exact) mass is 349 g/mol. The number of aliphatic carboxylic acids is 1. The highest BCUT2D eigenvalue weighted by Crippen LogP contribution is 2.46. The minimum atomic E-state index is -1.46. The minimum absolute atomic E-state index is 0.0348. The summed E-state index contributed by atoms with van der Waals surface area (Å²) >= 11 is 0. The van der Waals surface area contributed by atoms with Crippen molar-refractivity contribution >= 4 is 12.1 Å². The third-order valence-electron chi connectivity index (χ3n) is 5.36. The first kappa shape index (κ1) is 17.7. The normalized spacial score (nSPS) is 25.6. The molecule has 0 aliphatic carbocycles. The van der Waals surface area contributed by atoms with Crippen molar-refractivity contribution in [3.63, 3.8) is 0 Å². The molecule has 1 aromatic carbocycles. The summed E-state index contributed by atoms with van der Waals surface area (Å²) in [4.78, 5) is 25.6. The highest BCUT2D eigenvalue weighted by Gasteiger charge is 2.59. The molecule has 7 heteroatoms. The zero-order valence-electron chi connectivity index (χ0n) is 14.0. The molecule has 3 rings (SSSR count). The van der Waals surface area contributed by atoms with Gasteiger partial charge >= 0.3 is 12.1 Å². The summed E-state index contributed by atoms with van der Waals surface area (Å²) in [5.41, 5.74) is -1.87. The molecule has 2 aliphatic heterocycles. The Kier molecular flexibility index (Phi) is 4.96. The van der Waals surface area contributed by atoms with Crippen molar-refractivity contribution in [2.45, 2.75) is 31.5 Å². The van der Waals surface area contributed by atoms with Crippen molar-refractivity contribution in [1.82, 2.24) is 4.90 Å². The lowest BCUT2D eigenvalue weighted by molar-refractivity contribution is -0.181. The van der Waals surface area contributed by atoms with E-state index in [1.807, 2.05) is 30.3 Å². The number of hydrogen-bond acceptors (Lipinski definition) is 5. The molecule has 2 aliphatic rings. The highest BCUT2D eigenvalue weighted by molar-refractivity contribution is 5.77. The Labute approximate surface area is 146 Å². The Morgan fingerprint density at radius 3 is 2.48 bits per heavy atom.